The van der Waals surface area contributed by atoms with Crippen LogP contribution in [0.1, 0.15) is 6.92 Å². The first-order valence-electron chi connectivity index (χ1n) is 7.10. The monoisotopic (exact) mass is 277 g/mol. The number of benzene rings is 1. The first kappa shape index (κ1) is 14.8. The maximum Gasteiger partial charge on any atom is 0.238 e. The van der Waals surface area contributed by atoms with Crippen molar-refractivity contribution in [3.05, 3.63) is 24.3 Å². The number of carbonyl (C=O) groups is 1. The van der Waals surface area contributed by atoms with E-state index in [9.17, 15) is 4.79 Å². The van der Waals surface area contributed by atoms with Gasteiger partial charge in [0.15, 0.2) is 0 Å². The van der Waals surface area contributed by atoms with Crippen LogP contribution in [0.25, 0.3) is 0 Å². The lowest BCUT2D eigenvalue weighted by Crippen LogP contribution is -2.36. The van der Waals surface area contributed by atoms with E-state index in [0.717, 1.165) is 38.5 Å². The molecule has 1 aliphatic heterocycles. The molecule has 1 amide bonds. The molecule has 0 aliphatic carbocycles. The molecule has 0 saturated carbocycles. The van der Waals surface area contributed by atoms with Crippen LogP contribution < -0.4 is 10.2 Å². The lowest BCUT2D eigenvalue weighted by molar-refractivity contribution is -0.117. The number of anilines is 2. The first-order valence-corrected chi connectivity index (χ1v) is 7.10. The predicted molar refractivity (Wildman–Crippen MR) is 81.3 cm³/mol. The normalized spacial score (nSPS) is 15.4. The van der Waals surface area contributed by atoms with Crippen molar-refractivity contribution in [3.8, 4) is 0 Å². The Morgan fingerprint density at radius 2 is 1.95 bits per heavy atom. The number of nitrogens with zero attached hydrogens (tertiary/aromatic N) is 2. The summed E-state index contributed by atoms with van der Waals surface area (Å²) in [4.78, 5) is 16.0. The van der Waals surface area contributed by atoms with Crippen LogP contribution in [0.2, 0.25) is 0 Å². The number of rotatable bonds is 5. The fourth-order valence-electron chi connectivity index (χ4n) is 2.13. The van der Waals surface area contributed by atoms with Crippen LogP contribution in [-0.4, -0.2) is 57.2 Å². The average molecular weight is 277 g/mol. The molecule has 0 spiro atoms. The lowest BCUT2D eigenvalue weighted by Gasteiger charge is -2.28. The molecular formula is C15H23N3O2. The zero-order valence-electron chi connectivity index (χ0n) is 12.3. The molecule has 0 radical (unpaired) electrons. The Balaban J connectivity index is 1.89. The quantitative estimate of drug-likeness (QED) is 0.884. The van der Waals surface area contributed by atoms with Crippen molar-refractivity contribution in [1.82, 2.24) is 4.90 Å². The van der Waals surface area contributed by atoms with Gasteiger partial charge in [0.2, 0.25) is 5.91 Å². The van der Waals surface area contributed by atoms with Crippen molar-refractivity contribution in [2.45, 2.75) is 6.92 Å². The summed E-state index contributed by atoms with van der Waals surface area (Å²) in [5.74, 6) is 0.0217. The van der Waals surface area contributed by atoms with E-state index in [1.807, 2.05) is 43.1 Å². The Labute approximate surface area is 120 Å². The molecule has 0 atom stereocenters. The van der Waals surface area contributed by atoms with Crippen molar-refractivity contribution in [3.63, 3.8) is 0 Å². The van der Waals surface area contributed by atoms with Crippen LogP contribution >= 0.6 is 0 Å². The minimum Gasteiger partial charge on any atom is -0.378 e. The molecule has 1 saturated heterocycles. The van der Waals surface area contributed by atoms with Gasteiger partial charge in [0.25, 0.3) is 0 Å². The van der Waals surface area contributed by atoms with Gasteiger partial charge in [-0.1, -0.05) is 6.92 Å². The number of nitrogens with one attached hydrogen (secondary N) is 1. The van der Waals surface area contributed by atoms with Crippen molar-refractivity contribution >= 4 is 17.3 Å². The molecule has 0 aromatic heterocycles. The van der Waals surface area contributed by atoms with Crippen LogP contribution in [-0.2, 0) is 9.53 Å². The van der Waals surface area contributed by atoms with Crippen LogP contribution in [0.15, 0.2) is 24.3 Å². The summed E-state index contributed by atoms with van der Waals surface area (Å²) in [6.07, 6.45) is 0. The molecule has 5 heteroatoms. The maximum absolute atomic E-state index is 11.8. The maximum atomic E-state index is 11.8. The highest BCUT2D eigenvalue weighted by Gasteiger charge is 2.11. The number of ether oxygens (including phenoxy) is 1. The van der Waals surface area contributed by atoms with Gasteiger partial charge in [-0.3, -0.25) is 9.69 Å². The summed E-state index contributed by atoms with van der Waals surface area (Å²) in [6, 6.07) is 8.00. The van der Waals surface area contributed by atoms with Crippen molar-refractivity contribution in [2.24, 2.45) is 0 Å². The minimum atomic E-state index is 0.0217. The number of amides is 1. The van der Waals surface area contributed by atoms with Crippen molar-refractivity contribution in [1.29, 1.82) is 0 Å². The average Bonchev–Trinajstić information content (AvgIpc) is 2.48. The Kier molecular flexibility index (Phi) is 5.38. The second-order valence-electron chi connectivity index (χ2n) is 5.02. The summed E-state index contributed by atoms with van der Waals surface area (Å²) in [5, 5.41) is 2.91. The van der Waals surface area contributed by atoms with Gasteiger partial charge in [-0.15, -0.1) is 0 Å². The van der Waals surface area contributed by atoms with Gasteiger partial charge in [-0.25, -0.2) is 0 Å². The summed E-state index contributed by atoms with van der Waals surface area (Å²) < 4.78 is 5.34. The van der Waals surface area contributed by atoms with Gasteiger partial charge in [0.05, 0.1) is 19.8 Å². The van der Waals surface area contributed by atoms with Gasteiger partial charge in [0.1, 0.15) is 0 Å². The summed E-state index contributed by atoms with van der Waals surface area (Å²) in [5.41, 5.74) is 2.02. The summed E-state index contributed by atoms with van der Waals surface area (Å²) >= 11 is 0. The molecule has 1 N–H and O–H groups in total. The van der Waals surface area contributed by atoms with Gasteiger partial charge < -0.3 is 15.0 Å². The number of hydrogen-bond donors (Lipinski definition) is 1. The number of likely N-dealkylation sites (N-methyl/N-ethyl adjacent to an activating group) is 1. The molecule has 0 bridgehead atoms. The van der Waals surface area contributed by atoms with E-state index >= 15 is 0 Å². The Hall–Kier alpha value is -1.59. The molecule has 2 rings (SSSR count). The highest BCUT2D eigenvalue weighted by atomic mass is 16.5. The molecular weight excluding hydrogens is 254 g/mol. The Morgan fingerprint density at radius 1 is 1.30 bits per heavy atom. The molecule has 1 aromatic carbocycles. The third-order valence-electron chi connectivity index (χ3n) is 3.48. The van der Waals surface area contributed by atoms with Crippen LogP contribution in [0.3, 0.4) is 0 Å². The molecule has 1 aliphatic rings. The van der Waals surface area contributed by atoms with E-state index in [1.165, 1.54) is 5.69 Å². The van der Waals surface area contributed by atoms with Crippen LogP contribution in [0.5, 0.6) is 0 Å². The zero-order valence-corrected chi connectivity index (χ0v) is 12.3. The third-order valence-corrected chi connectivity index (χ3v) is 3.48. The second kappa shape index (κ2) is 7.26. The number of hydrogen-bond acceptors (Lipinski definition) is 4. The molecule has 1 aromatic rings. The van der Waals surface area contributed by atoms with E-state index in [2.05, 4.69) is 10.2 Å². The highest BCUT2D eigenvalue weighted by Crippen LogP contribution is 2.18. The standard InChI is InChI=1S/C15H23N3O2/c1-3-17(2)12-15(19)16-13-4-6-14(7-5-13)18-8-10-20-11-9-18/h4-7H,3,8-12H2,1-2H3,(H,16,19). The van der Waals surface area contributed by atoms with Crippen molar-refractivity contribution < 1.29 is 9.53 Å². The van der Waals surface area contributed by atoms with Crippen molar-refractivity contribution in [2.75, 3.05) is 56.7 Å². The Bertz CT molecular complexity index is 427. The van der Waals surface area contributed by atoms with E-state index in [1.54, 1.807) is 0 Å². The summed E-state index contributed by atoms with van der Waals surface area (Å²) in [7, 11) is 1.93. The third kappa shape index (κ3) is 4.21. The molecule has 1 fully saturated rings. The van der Waals surface area contributed by atoms with Crippen LogP contribution in [0, 0.1) is 0 Å². The second-order valence-corrected chi connectivity index (χ2v) is 5.02. The first-order chi connectivity index (χ1) is 9.69. The molecule has 1 heterocycles. The molecule has 110 valence electrons. The molecule has 0 unspecified atom stereocenters. The smallest absolute Gasteiger partial charge is 0.238 e. The van der Waals surface area contributed by atoms with Gasteiger partial charge in [0, 0.05) is 24.5 Å². The summed E-state index contributed by atoms with van der Waals surface area (Å²) in [6.45, 7) is 6.72. The number of morpholine rings is 1. The highest BCUT2D eigenvalue weighted by molar-refractivity contribution is 5.92. The fourth-order valence-corrected chi connectivity index (χ4v) is 2.13. The van der Waals surface area contributed by atoms with E-state index in [4.69, 9.17) is 4.74 Å². The zero-order chi connectivity index (χ0) is 14.4. The SMILES string of the molecule is CCN(C)CC(=O)Nc1ccc(N2CCOCC2)cc1. The minimum absolute atomic E-state index is 0.0217. The van der Waals surface area contributed by atoms with Gasteiger partial charge in [-0.05, 0) is 37.9 Å². The molecule has 5 nitrogen and oxygen atoms in total. The van der Waals surface area contributed by atoms with E-state index in [0.29, 0.717) is 6.54 Å². The van der Waals surface area contributed by atoms with Gasteiger partial charge >= 0.3 is 0 Å². The topological polar surface area (TPSA) is 44.8 Å². The molecule has 20 heavy (non-hydrogen) atoms. The number of carbonyl (C=O) groups excluding carboxylic acids is 1. The van der Waals surface area contributed by atoms with E-state index in [-0.39, 0.29) is 5.91 Å². The van der Waals surface area contributed by atoms with Gasteiger partial charge in [-0.2, -0.15) is 0 Å². The fraction of sp³-hybridized carbons (Fsp3) is 0.533. The van der Waals surface area contributed by atoms with E-state index < -0.39 is 0 Å². The largest absolute Gasteiger partial charge is 0.378 e. The van der Waals surface area contributed by atoms with Crippen LogP contribution in [0.4, 0.5) is 11.4 Å². The lowest BCUT2D eigenvalue weighted by atomic mass is 10.2. The predicted octanol–water partition coefficient (Wildman–Crippen LogP) is 1.41. The Morgan fingerprint density at radius 3 is 2.55 bits per heavy atom.